The summed E-state index contributed by atoms with van der Waals surface area (Å²) in [5.41, 5.74) is 4.20. The summed E-state index contributed by atoms with van der Waals surface area (Å²) in [4.78, 5) is 37.8. The smallest absolute Gasteiger partial charge is 0.256 e. The van der Waals surface area contributed by atoms with E-state index in [-0.39, 0.29) is 23.9 Å². The fourth-order valence-electron chi connectivity index (χ4n) is 6.10. The first-order valence-electron chi connectivity index (χ1n) is 13.8. The monoisotopic (exact) mass is 544 g/mol. The SMILES string of the molecule is CN(C(=O)c1ccc2c(c1)C(N(C(=O)c1ccccc1Cl)C(C)(C)C)CC2)C1CCN(c2ccncc2)CC1. The van der Waals surface area contributed by atoms with Gasteiger partial charge < -0.3 is 14.7 Å². The lowest BCUT2D eigenvalue weighted by molar-refractivity contribution is 0.0435. The third-order valence-corrected chi connectivity index (χ3v) is 8.49. The van der Waals surface area contributed by atoms with Crippen LogP contribution in [0.5, 0.6) is 0 Å². The molecule has 1 aromatic heterocycles. The standard InChI is InChI=1S/C32H37ClN4O2/c1-32(2,3)37(31(39)26-7-5-6-8-28(26)33)29-12-11-22-9-10-23(21-27(22)29)30(38)35(4)24-15-19-36(20-16-24)25-13-17-34-18-14-25/h5-10,13-14,17-18,21,24,29H,11-12,15-16,19-20H2,1-4H3. The number of piperidine rings is 1. The second-order valence-electron chi connectivity index (χ2n) is 11.6. The number of anilines is 1. The molecule has 1 aliphatic heterocycles. The number of amides is 2. The van der Waals surface area contributed by atoms with Crippen LogP contribution in [0.3, 0.4) is 0 Å². The Morgan fingerprint density at radius 1 is 0.949 bits per heavy atom. The summed E-state index contributed by atoms with van der Waals surface area (Å²) in [5.74, 6) is -0.0497. The molecule has 39 heavy (non-hydrogen) atoms. The van der Waals surface area contributed by atoms with E-state index in [9.17, 15) is 9.59 Å². The predicted molar refractivity (Wildman–Crippen MR) is 156 cm³/mol. The van der Waals surface area contributed by atoms with Gasteiger partial charge in [0.15, 0.2) is 0 Å². The lowest BCUT2D eigenvalue weighted by atomic mass is 9.95. The molecule has 2 heterocycles. The van der Waals surface area contributed by atoms with E-state index in [1.807, 2.05) is 65.6 Å². The van der Waals surface area contributed by atoms with Crippen molar-refractivity contribution in [3.8, 4) is 0 Å². The highest BCUT2D eigenvalue weighted by Crippen LogP contribution is 2.41. The van der Waals surface area contributed by atoms with Crippen molar-refractivity contribution in [1.29, 1.82) is 0 Å². The fourth-order valence-corrected chi connectivity index (χ4v) is 6.31. The topological polar surface area (TPSA) is 56.8 Å². The number of rotatable bonds is 5. The van der Waals surface area contributed by atoms with Gasteiger partial charge in [-0.3, -0.25) is 14.6 Å². The highest BCUT2D eigenvalue weighted by molar-refractivity contribution is 6.33. The van der Waals surface area contributed by atoms with Gasteiger partial charge >= 0.3 is 0 Å². The number of carbonyl (C=O) groups excluding carboxylic acids is 2. The largest absolute Gasteiger partial charge is 0.371 e. The number of nitrogens with zero attached hydrogens (tertiary/aromatic N) is 4. The average Bonchev–Trinajstić information content (AvgIpc) is 3.35. The van der Waals surface area contributed by atoms with Gasteiger partial charge in [0, 0.05) is 55.4 Å². The Morgan fingerprint density at radius 3 is 2.31 bits per heavy atom. The molecule has 7 heteroatoms. The van der Waals surface area contributed by atoms with Gasteiger partial charge in [-0.2, -0.15) is 0 Å². The molecule has 0 bridgehead atoms. The second-order valence-corrected chi connectivity index (χ2v) is 12.0. The Kier molecular flexibility index (Phi) is 7.68. The number of fused-ring (bicyclic) bond motifs is 1. The minimum atomic E-state index is -0.428. The van der Waals surface area contributed by atoms with Gasteiger partial charge in [-0.05, 0) is 94.0 Å². The molecule has 2 amide bonds. The minimum absolute atomic E-state index is 0.0329. The van der Waals surface area contributed by atoms with Crippen molar-refractivity contribution in [1.82, 2.24) is 14.8 Å². The highest BCUT2D eigenvalue weighted by Gasteiger charge is 2.39. The Morgan fingerprint density at radius 2 is 1.64 bits per heavy atom. The Bertz CT molecular complexity index is 1350. The molecular weight excluding hydrogens is 508 g/mol. The van der Waals surface area contributed by atoms with E-state index < -0.39 is 5.54 Å². The van der Waals surface area contributed by atoms with Crippen LogP contribution >= 0.6 is 11.6 Å². The first-order chi connectivity index (χ1) is 18.6. The normalized spacial score (nSPS) is 17.6. The molecule has 204 valence electrons. The number of aromatic nitrogens is 1. The predicted octanol–water partition coefficient (Wildman–Crippen LogP) is 6.40. The van der Waals surface area contributed by atoms with Crippen molar-refractivity contribution in [2.75, 3.05) is 25.0 Å². The highest BCUT2D eigenvalue weighted by atomic mass is 35.5. The number of pyridine rings is 1. The van der Waals surface area contributed by atoms with Gasteiger partial charge in [0.2, 0.25) is 0 Å². The Labute approximate surface area is 236 Å². The van der Waals surface area contributed by atoms with Crippen molar-refractivity contribution < 1.29 is 9.59 Å². The maximum Gasteiger partial charge on any atom is 0.256 e. The number of hydrogen-bond donors (Lipinski definition) is 0. The lowest BCUT2D eigenvalue weighted by Gasteiger charge is -2.41. The molecule has 5 rings (SSSR count). The number of benzene rings is 2. The maximum absolute atomic E-state index is 13.8. The van der Waals surface area contributed by atoms with Crippen LogP contribution in [0.4, 0.5) is 5.69 Å². The van der Waals surface area contributed by atoms with Gasteiger partial charge in [0.1, 0.15) is 0 Å². The number of carbonyl (C=O) groups is 2. The molecule has 1 aliphatic carbocycles. The van der Waals surface area contributed by atoms with Gasteiger partial charge in [0.05, 0.1) is 16.6 Å². The van der Waals surface area contributed by atoms with Crippen LogP contribution in [0, 0.1) is 0 Å². The van der Waals surface area contributed by atoms with Crippen LogP contribution < -0.4 is 4.90 Å². The maximum atomic E-state index is 13.8. The zero-order chi connectivity index (χ0) is 27.7. The Hall–Kier alpha value is -3.38. The van der Waals surface area contributed by atoms with E-state index >= 15 is 0 Å². The van der Waals surface area contributed by atoms with E-state index in [0.29, 0.717) is 16.1 Å². The van der Waals surface area contributed by atoms with Crippen LogP contribution in [-0.4, -0.2) is 58.3 Å². The molecule has 1 fully saturated rings. The van der Waals surface area contributed by atoms with Crippen LogP contribution in [0.1, 0.15) is 77.9 Å². The van der Waals surface area contributed by atoms with Crippen molar-refractivity contribution in [2.45, 2.75) is 64.1 Å². The van der Waals surface area contributed by atoms with E-state index in [0.717, 1.165) is 44.3 Å². The van der Waals surface area contributed by atoms with Gasteiger partial charge in [-0.25, -0.2) is 0 Å². The molecule has 3 aromatic rings. The van der Waals surface area contributed by atoms with Gasteiger partial charge in [-0.1, -0.05) is 29.8 Å². The second kappa shape index (κ2) is 11.0. The number of hydrogen-bond acceptors (Lipinski definition) is 4. The van der Waals surface area contributed by atoms with E-state index in [2.05, 4.69) is 36.7 Å². The molecule has 2 aliphatic rings. The molecule has 2 aromatic carbocycles. The molecule has 6 nitrogen and oxygen atoms in total. The van der Waals surface area contributed by atoms with E-state index in [1.165, 1.54) is 11.3 Å². The molecule has 1 unspecified atom stereocenters. The summed E-state index contributed by atoms with van der Waals surface area (Å²) >= 11 is 6.44. The number of halogens is 1. The summed E-state index contributed by atoms with van der Waals surface area (Å²) in [6.45, 7) is 7.98. The van der Waals surface area contributed by atoms with Crippen molar-refractivity contribution in [3.05, 3.63) is 94.3 Å². The molecule has 0 saturated carbocycles. The first kappa shape index (κ1) is 27.2. The molecule has 0 spiro atoms. The summed E-state index contributed by atoms with van der Waals surface area (Å²) < 4.78 is 0. The van der Waals surface area contributed by atoms with Crippen molar-refractivity contribution >= 4 is 29.1 Å². The molecule has 1 atom stereocenters. The molecule has 0 N–H and O–H groups in total. The van der Waals surface area contributed by atoms with Crippen molar-refractivity contribution in [3.63, 3.8) is 0 Å². The fraction of sp³-hybridized carbons (Fsp3) is 0.406. The molecule has 1 saturated heterocycles. The molecular formula is C32H37ClN4O2. The Balaban J connectivity index is 1.35. The first-order valence-corrected chi connectivity index (χ1v) is 14.2. The van der Waals surface area contributed by atoms with Crippen LogP contribution in [-0.2, 0) is 6.42 Å². The van der Waals surface area contributed by atoms with Crippen molar-refractivity contribution in [2.24, 2.45) is 0 Å². The summed E-state index contributed by atoms with van der Waals surface area (Å²) in [6.07, 6.45) is 7.18. The third-order valence-electron chi connectivity index (χ3n) is 8.16. The van der Waals surface area contributed by atoms with Gasteiger partial charge in [0.25, 0.3) is 11.8 Å². The summed E-state index contributed by atoms with van der Waals surface area (Å²) in [7, 11) is 1.92. The summed E-state index contributed by atoms with van der Waals surface area (Å²) in [6, 6.07) is 17.4. The minimum Gasteiger partial charge on any atom is -0.371 e. The number of aryl methyl sites for hydroxylation is 1. The zero-order valence-corrected chi connectivity index (χ0v) is 24.0. The van der Waals surface area contributed by atoms with Crippen LogP contribution in [0.15, 0.2) is 67.0 Å². The quantitative estimate of drug-likeness (QED) is 0.373. The summed E-state index contributed by atoms with van der Waals surface area (Å²) in [5, 5.41) is 0.454. The van der Waals surface area contributed by atoms with E-state index in [1.54, 1.807) is 12.1 Å². The zero-order valence-electron chi connectivity index (χ0n) is 23.2. The third kappa shape index (κ3) is 5.53. The van der Waals surface area contributed by atoms with Crippen LogP contribution in [0.25, 0.3) is 0 Å². The van der Waals surface area contributed by atoms with E-state index in [4.69, 9.17) is 11.6 Å². The average molecular weight is 545 g/mol. The lowest BCUT2D eigenvalue weighted by Crippen LogP contribution is -2.47. The molecule has 0 radical (unpaired) electrons. The van der Waals surface area contributed by atoms with Crippen LogP contribution in [0.2, 0.25) is 5.02 Å². The van der Waals surface area contributed by atoms with Gasteiger partial charge in [-0.15, -0.1) is 0 Å².